The Bertz CT molecular complexity index is 1050. The molecule has 3 aromatic rings. The zero-order valence-electron chi connectivity index (χ0n) is 12.7. The summed E-state index contributed by atoms with van der Waals surface area (Å²) in [6, 6.07) is 12.1. The molecule has 0 bridgehead atoms. The topological polar surface area (TPSA) is 81.1 Å². The summed E-state index contributed by atoms with van der Waals surface area (Å²) < 4.78 is 1.31. The van der Waals surface area contributed by atoms with Crippen LogP contribution in [0.2, 0.25) is 0 Å². The zero-order valence-corrected chi connectivity index (χ0v) is 12.7. The lowest BCUT2D eigenvalue weighted by atomic mass is 10.1. The Morgan fingerprint density at radius 3 is 2.88 bits per heavy atom. The SMILES string of the molecule is O=C1Cc2cc(C(=O)Cn3cnc4ccccc4c3=O)ccc2N1. The number of fused-ring (bicyclic) bond motifs is 2. The first-order chi connectivity index (χ1) is 11.6. The van der Waals surface area contributed by atoms with Crippen LogP contribution in [-0.2, 0) is 17.8 Å². The molecule has 0 atom stereocenters. The number of para-hydroxylation sites is 1. The standard InChI is InChI=1S/C18H13N3O3/c22-16(11-5-6-14-12(7-11)8-17(23)20-14)9-21-10-19-15-4-2-1-3-13(15)18(21)24/h1-7,10H,8-9H2,(H,20,23). The summed E-state index contributed by atoms with van der Waals surface area (Å²) in [5.74, 6) is -0.277. The van der Waals surface area contributed by atoms with Crippen LogP contribution in [0, 0.1) is 0 Å². The molecule has 24 heavy (non-hydrogen) atoms. The monoisotopic (exact) mass is 319 g/mol. The summed E-state index contributed by atoms with van der Waals surface area (Å²) in [7, 11) is 0. The minimum atomic E-state index is -0.244. The van der Waals surface area contributed by atoms with E-state index in [0.717, 1.165) is 11.3 Å². The Hall–Kier alpha value is -3.28. The lowest BCUT2D eigenvalue weighted by Gasteiger charge is -2.07. The first-order valence-corrected chi connectivity index (χ1v) is 7.52. The Balaban J connectivity index is 1.65. The van der Waals surface area contributed by atoms with Crippen LogP contribution >= 0.6 is 0 Å². The van der Waals surface area contributed by atoms with Crippen LogP contribution in [0.1, 0.15) is 15.9 Å². The average Bonchev–Trinajstić information content (AvgIpc) is 2.96. The van der Waals surface area contributed by atoms with Crippen LogP contribution in [0.5, 0.6) is 0 Å². The number of anilines is 1. The van der Waals surface area contributed by atoms with Crippen molar-refractivity contribution in [2.24, 2.45) is 0 Å². The molecule has 1 aromatic heterocycles. The maximum Gasteiger partial charge on any atom is 0.261 e. The molecule has 0 saturated heterocycles. The van der Waals surface area contributed by atoms with Crippen LogP contribution in [0.25, 0.3) is 10.9 Å². The van der Waals surface area contributed by atoms with Crippen molar-refractivity contribution in [3.05, 3.63) is 70.3 Å². The molecule has 0 fully saturated rings. The predicted molar refractivity (Wildman–Crippen MR) is 89.1 cm³/mol. The number of rotatable bonds is 3. The zero-order chi connectivity index (χ0) is 16.7. The molecule has 6 nitrogen and oxygen atoms in total. The average molecular weight is 319 g/mol. The Morgan fingerprint density at radius 2 is 2.00 bits per heavy atom. The maximum absolute atomic E-state index is 12.5. The number of ketones is 1. The van der Waals surface area contributed by atoms with Crippen molar-refractivity contribution >= 4 is 28.3 Å². The fraction of sp³-hybridized carbons (Fsp3) is 0.111. The molecule has 0 saturated carbocycles. The van der Waals surface area contributed by atoms with Crippen molar-refractivity contribution < 1.29 is 9.59 Å². The predicted octanol–water partition coefficient (Wildman–Crippen LogP) is 1.77. The highest BCUT2D eigenvalue weighted by molar-refractivity contribution is 6.02. The van der Waals surface area contributed by atoms with Crippen molar-refractivity contribution in [1.82, 2.24) is 9.55 Å². The molecular formula is C18H13N3O3. The Morgan fingerprint density at radius 1 is 1.17 bits per heavy atom. The number of amides is 1. The second-order valence-electron chi connectivity index (χ2n) is 5.71. The van der Waals surface area contributed by atoms with Crippen LogP contribution in [0.4, 0.5) is 5.69 Å². The molecule has 1 aliphatic rings. The van der Waals surface area contributed by atoms with E-state index in [1.165, 1.54) is 10.9 Å². The molecule has 6 heteroatoms. The van der Waals surface area contributed by atoms with Gasteiger partial charge in [0.15, 0.2) is 5.78 Å². The highest BCUT2D eigenvalue weighted by Gasteiger charge is 2.19. The number of aromatic nitrogens is 2. The van der Waals surface area contributed by atoms with E-state index in [-0.39, 0.29) is 30.2 Å². The summed E-state index contributed by atoms with van der Waals surface area (Å²) in [5, 5.41) is 3.21. The number of nitrogens with zero attached hydrogens (tertiary/aromatic N) is 2. The molecule has 4 rings (SSSR count). The fourth-order valence-corrected chi connectivity index (χ4v) is 2.87. The highest BCUT2D eigenvalue weighted by Crippen LogP contribution is 2.24. The Kier molecular flexibility index (Phi) is 3.23. The lowest BCUT2D eigenvalue weighted by molar-refractivity contribution is -0.115. The van der Waals surface area contributed by atoms with Gasteiger partial charge in [0.2, 0.25) is 5.91 Å². The third-order valence-electron chi connectivity index (χ3n) is 4.10. The highest BCUT2D eigenvalue weighted by atomic mass is 16.2. The molecule has 0 aliphatic carbocycles. The molecule has 0 radical (unpaired) electrons. The van der Waals surface area contributed by atoms with Gasteiger partial charge < -0.3 is 5.32 Å². The molecule has 118 valence electrons. The second kappa shape index (κ2) is 5.42. The lowest BCUT2D eigenvalue weighted by Crippen LogP contribution is -2.24. The summed E-state index contributed by atoms with van der Waals surface area (Å²) in [5.41, 5.74) is 2.38. The molecule has 2 heterocycles. The van der Waals surface area contributed by atoms with Crippen molar-refractivity contribution in [2.75, 3.05) is 5.32 Å². The van der Waals surface area contributed by atoms with Crippen LogP contribution in [0.3, 0.4) is 0 Å². The van der Waals surface area contributed by atoms with E-state index in [1.54, 1.807) is 36.4 Å². The van der Waals surface area contributed by atoms with Gasteiger partial charge in [-0.05, 0) is 35.9 Å². The number of nitrogens with one attached hydrogen (secondary N) is 1. The summed E-state index contributed by atoms with van der Waals surface area (Å²) in [4.78, 5) is 40.5. The summed E-state index contributed by atoms with van der Waals surface area (Å²) in [6.45, 7) is -0.0865. The quantitative estimate of drug-likeness (QED) is 0.746. The Labute approximate surface area is 136 Å². The number of carbonyl (C=O) groups is 2. The molecule has 1 amide bonds. The number of benzene rings is 2. The largest absolute Gasteiger partial charge is 0.326 e. The molecule has 0 spiro atoms. The minimum absolute atomic E-state index is 0.0791. The van der Waals surface area contributed by atoms with Gasteiger partial charge in [-0.25, -0.2) is 4.98 Å². The third kappa shape index (κ3) is 2.38. The molecule has 1 aliphatic heterocycles. The van der Waals surface area contributed by atoms with Crippen molar-refractivity contribution in [2.45, 2.75) is 13.0 Å². The molecule has 1 N–H and O–H groups in total. The first kappa shape index (κ1) is 14.3. The van der Waals surface area contributed by atoms with Gasteiger partial charge in [0.25, 0.3) is 5.56 Å². The number of hydrogen-bond acceptors (Lipinski definition) is 4. The van der Waals surface area contributed by atoms with Gasteiger partial charge in [-0.2, -0.15) is 0 Å². The fourth-order valence-electron chi connectivity index (χ4n) is 2.87. The van der Waals surface area contributed by atoms with E-state index in [4.69, 9.17) is 0 Å². The second-order valence-corrected chi connectivity index (χ2v) is 5.71. The first-order valence-electron chi connectivity index (χ1n) is 7.52. The maximum atomic E-state index is 12.5. The van der Waals surface area contributed by atoms with Crippen molar-refractivity contribution in [3.8, 4) is 0 Å². The van der Waals surface area contributed by atoms with E-state index >= 15 is 0 Å². The summed E-state index contributed by atoms with van der Waals surface area (Å²) >= 11 is 0. The van der Waals surface area contributed by atoms with Gasteiger partial charge in [0.05, 0.1) is 30.2 Å². The van der Waals surface area contributed by atoms with E-state index in [9.17, 15) is 14.4 Å². The van der Waals surface area contributed by atoms with E-state index in [1.807, 2.05) is 6.07 Å². The normalized spacial score (nSPS) is 12.9. The molecule has 0 unspecified atom stereocenters. The van der Waals surface area contributed by atoms with Gasteiger partial charge >= 0.3 is 0 Å². The van der Waals surface area contributed by atoms with Crippen LogP contribution < -0.4 is 10.9 Å². The smallest absolute Gasteiger partial charge is 0.261 e. The molecular weight excluding hydrogens is 306 g/mol. The van der Waals surface area contributed by atoms with Gasteiger partial charge in [0, 0.05) is 11.3 Å². The van der Waals surface area contributed by atoms with Gasteiger partial charge in [-0.3, -0.25) is 19.0 Å². The third-order valence-corrected chi connectivity index (χ3v) is 4.10. The van der Waals surface area contributed by atoms with Gasteiger partial charge in [0.1, 0.15) is 0 Å². The van der Waals surface area contributed by atoms with E-state index in [2.05, 4.69) is 10.3 Å². The van der Waals surface area contributed by atoms with Crippen LogP contribution in [-0.4, -0.2) is 21.2 Å². The molecule has 2 aromatic carbocycles. The van der Waals surface area contributed by atoms with Crippen molar-refractivity contribution in [3.63, 3.8) is 0 Å². The van der Waals surface area contributed by atoms with Gasteiger partial charge in [-0.1, -0.05) is 12.1 Å². The van der Waals surface area contributed by atoms with Gasteiger partial charge in [-0.15, -0.1) is 0 Å². The number of hydrogen-bond donors (Lipinski definition) is 1. The minimum Gasteiger partial charge on any atom is -0.326 e. The van der Waals surface area contributed by atoms with E-state index in [0.29, 0.717) is 16.5 Å². The van der Waals surface area contributed by atoms with E-state index < -0.39 is 0 Å². The summed E-state index contributed by atoms with van der Waals surface area (Å²) in [6.07, 6.45) is 1.66. The number of Topliss-reactive ketones (excluding diaryl/α,β-unsaturated/α-hetero) is 1. The number of carbonyl (C=O) groups excluding carboxylic acids is 2. The van der Waals surface area contributed by atoms with Crippen LogP contribution in [0.15, 0.2) is 53.6 Å². The van der Waals surface area contributed by atoms with Crippen molar-refractivity contribution in [1.29, 1.82) is 0 Å².